The van der Waals surface area contributed by atoms with E-state index in [1.165, 1.54) is 23.9 Å². The standard InChI is InChI=1S/C17H22N6O2/c24-17(22-8-2-3-14(9-22)25-10-13-5-6-13)21-15-4-1-7-19-16(15)23-12-18-11-20-23/h1,4,7,11-14H,2-3,5-6,8-10H2,(H,21,24)/t14-/m1/s1. The lowest BCUT2D eigenvalue weighted by Crippen LogP contribution is -2.45. The molecule has 1 aliphatic carbocycles. The van der Waals surface area contributed by atoms with Crippen LogP contribution in [0.25, 0.3) is 5.82 Å². The second-order valence-electron chi connectivity index (χ2n) is 6.63. The fourth-order valence-corrected chi connectivity index (χ4v) is 3.00. The summed E-state index contributed by atoms with van der Waals surface area (Å²) in [6.07, 6.45) is 9.34. The van der Waals surface area contributed by atoms with Crippen LogP contribution in [0.2, 0.25) is 0 Å². The molecule has 2 aromatic rings. The molecule has 1 N–H and O–H groups in total. The van der Waals surface area contributed by atoms with E-state index in [1.807, 2.05) is 11.0 Å². The number of likely N-dealkylation sites (tertiary alicyclic amines) is 1. The van der Waals surface area contributed by atoms with Gasteiger partial charge in [-0.05, 0) is 43.7 Å². The minimum absolute atomic E-state index is 0.130. The van der Waals surface area contributed by atoms with Crippen LogP contribution in [0, 0.1) is 5.92 Å². The fraction of sp³-hybridized carbons (Fsp3) is 0.529. The van der Waals surface area contributed by atoms with Crippen LogP contribution in [0.4, 0.5) is 10.5 Å². The number of urea groups is 1. The Bertz CT molecular complexity index is 716. The largest absolute Gasteiger partial charge is 0.376 e. The van der Waals surface area contributed by atoms with Gasteiger partial charge in [-0.3, -0.25) is 0 Å². The van der Waals surface area contributed by atoms with Gasteiger partial charge in [0.25, 0.3) is 0 Å². The van der Waals surface area contributed by atoms with E-state index < -0.39 is 0 Å². The summed E-state index contributed by atoms with van der Waals surface area (Å²) in [5.74, 6) is 1.29. The molecule has 8 heteroatoms. The summed E-state index contributed by atoms with van der Waals surface area (Å²) < 4.78 is 7.50. The van der Waals surface area contributed by atoms with Crippen molar-refractivity contribution in [2.45, 2.75) is 31.8 Å². The van der Waals surface area contributed by atoms with Crippen LogP contribution in [0.5, 0.6) is 0 Å². The third-order valence-corrected chi connectivity index (χ3v) is 4.59. The summed E-state index contributed by atoms with van der Waals surface area (Å²) in [5, 5.41) is 7.03. The second kappa shape index (κ2) is 7.18. The molecule has 0 spiro atoms. The summed E-state index contributed by atoms with van der Waals surface area (Å²) in [6.45, 7) is 2.21. The number of amides is 2. The van der Waals surface area contributed by atoms with E-state index in [2.05, 4.69) is 20.4 Å². The van der Waals surface area contributed by atoms with E-state index in [0.29, 0.717) is 18.1 Å². The Kier molecular flexibility index (Phi) is 4.60. The number of aromatic nitrogens is 4. The van der Waals surface area contributed by atoms with Crippen molar-refractivity contribution in [1.29, 1.82) is 0 Å². The van der Waals surface area contributed by atoms with E-state index in [-0.39, 0.29) is 12.1 Å². The van der Waals surface area contributed by atoms with Crippen LogP contribution >= 0.6 is 0 Å². The van der Waals surface area contributed by atoms with Crippen molar-refractivity contribution < 1.29 is 9.53 Å². The number of ether oxygens (including phenoxy) is 1. The number of nitrogens with zero attached hydrogens (tertiary/aromatic N) is 5. The number of hydrogen-bond donors (Lipinski definition) is 1. The molecule has 2 aromatic heterocycles. The lowest BCUT2D eigenvalue weighted by molar-refractivity contribution is 0.00597. The molecular formula is C17H22N6O2. The number of carbonyl (C=O) groups excluding carboxylic acids is 1. The van der Waals surface area contributed by atoms with Gasteiger partial charge in [0, 0.05) is 25.9 Å². The SMILES string of the molecule is O=C(Nc1cccnc1-n1cncn1)N1CCC[C@@H](OCC2CC2)C1. The lowest BCUT2D eigenvalue weighted by atomic mass is 10.1. The van der Waals surface area contributed by atoms with Gasteiger partial charge in [0.2, 0.25) is 0 Å². The normalized spacial score (nSPS) is 20.5. The van der Waals surface area contributed by atoms with Crippen molar-refractivity contribution in [3.63, 3.8) is 0 Å². The molecule has 0 bridgehead atoms. The van der Waals surface area contributed by atoms with Gasteiger partial charge in [-0.25, -0.2) is 19.4 Å². The van der Waals surface area contributed by atoms with E-state index >= 15 is 0 Å². The number of carbonyl (C=O) groups is 1. The van der Waals surface area contributed by atoms with Gasteiger partial charge in [-0.1, -0.05) is 0 Å². The first kappa shape index (κ1) is 16.0. The first-order chi connectivity index (χ1) is 12.3. The fourth-order valence-electron chi connectivity index (χ4n) is 3.00. The third-order valence-electron chi connectivity index (χ3n) is 4.59. The number of hydrogen-bond acceptors (Lipinski definition) is 5. The molecule has 0 aromatic carbocycles. The maximum absolute atomic E-state index is 12.7. The molecule has 2 aliphatic rings. The average molecular weight is 342 g/mol. The van der Waals surface area contributed by atoms with Crippen LogP contribution in [0.1, 0.15) is 25.7 Å². The summed E-state index contributed by atoms with van der Waals surface area (Å²) in [7, 11) is 0. The van der Waals surface area contributed by atoms with Crippen molar-refractivity contribution in [2.75, 3.05) is 25.0 Å². The minimum atomic E-state index is -0.130. The zero-order chi connectivity index (χ0) is 17.1. The van der Waals surface area contributed by atoms with E-state index in [9.17, 15) is 4.79 Å². The van der Waals surface area contributed by atoms with Crippen molar-refractivity contribution in [2.24, 2.45) is 5.92 Å². The quantitative estimate of drug-likeness (QED) is 0.899. The van der Waals surface area contributed by atoms with Gasteiger partial charge < -0.3 is 15.0 Å². The van der Waals surface area contributed by atoms with Crippen molar-refractivity contribution in [3.8, 4) is 5.82 Å². The molecule has 8 nitrogen and oxygen atoms in total. The highest BCUT2D eigenvalue weighted by Crippen LogP contribution is 2.30. The zero-order valence-electron chi connectivity index (χ0n) is 14.0. The number of pyridine rings is 1. The first-order valence-electron chi connectivity index (χ1n) is 8.77. The third kappa shape index (κ3) is 3.96. The summed E-state index contributed by atoms with van der Waals surface area (Å²) >= 11 is 0. The first-order valence-corrected chi connectivity index (χ1v) is 8.77. The van der Waals surface area contributed by atoms with Gasteiger partial charge in [0.1, 0.15) is 12.7 Å². The molecule has 4 rings (SSSR count). The molecule has 2 fully saturated rings. The van der Waals surface area contributed by atoms with Crippen LogP contribution in [-0.2, 0) is 4.74 Å². The molecule has 25 heavy (non-hydrogen) atoms. The number of piperidine rings is 1. The number of anilines is 1. The predicted octanol–water partition coefficient (Wildman–Crippen LogP) is 2.09. The van der Waals surface area contributed by atoms with Crippen molar-refractivity contribution >= 4 is 11.7 Å². The Morgan fingerprint density at radius 3 is 3.08 bits per heavy atom. The van der Waals surface area contributed by atoms with Crippen LogP contribution < -0.4 is 5.32 Å². The molecule has 0 unspecified atom stereocenters. The van der Waals surface area contributed by atoms with Crippen LogP contribution in [-0.4, -0.2) is 56.5 Å². The van der Waals surface area contributed by atoms with E-state index in [4.69, 9.17) is 4.74 Å². The highest BCUT2D eigenvalue weighted by atomic mass is 16.5. The molecule has 3 heterocycles. The Balaban J connectivity index is 1.40. The Hall–Kier alpha value is -2.48. The number of rotatable bonds is 5. The second-order valence-corrected chi connectivity index (χ2v) is 6.63. The Morgan fingerprint density at radius 2 is 2.28 bits per heavy atom. The molecule has 2 amide bonds. The Morgan fingerprint density at radius 1 is 1.36 bits per heavy atom. The highest BCUT2D eigenvalue weighted by Gasteiger charge is 2.28. The van der Waals surface area contributed by atoms with Gasteiger partial charge in [-0.2, -0.15) is 5.10 Å². The Labute approximate surface area is 146 Å². The molecular weight excluding hydrogens is 320 g/mol. The maximum atomic E-state index is 12.7. The number of nitrogens with one attached hydrogen (secondary N) is 1. The lowest BCUT2D eigenvalue weighted by Gasteiger charge is -2.32. The van der Waals surface area contributed by atoms with Gasteiger partial charge in [0.15, 0.2) is 5.82 Å². The van der Waals surface area contributed by atoms with Crippen molar-refractivity contribution in [1.82, 2.24) is 24.6 Å². The van der Waals surface area contributed by atoms with E-state index in [0.717, 1.165) is 31.9 Å². The van der Waals surface area contributed by atoms with Gasteiger partial charge in [0.05, 0.1) is 11.8 Å². The predicted molar refractivity (Wildman–Crippen MR) is 91.4 cm³/mol. The van der Waals surface area contributed by atoms with Gasteiger partial charge in [-0.15, -0.1) is 0 Å². The highest BCUT2D eigenvalue weighted by molar-refractivity contribution is 5.91. The average Bonchev–Trinajstić information content (AvgIpc) is 3.32. The smallest absolute Gasteiger partial charge is 0.322 e. The molecule has 0 radical (unpaired) electrons. The van der Waals surface area contributed by atoms with Crippen LogP contribution in [0.3, 0.4) is 0 Å². The molecule has 1 atom stereocenters. The zero-order valence-corrected chi connectivity index (χ0v) is 14.0. The summed E-state index contributed by atoms with van der Waals surface area (Å²) in [5.41, 5.74) is 0.610. The van der Waals surface area contributed by atoms with Crippen LogP contribution in [0.15, 0.2) is 31.0 Å². The molecule has 1 saturated heterocycles. The molecule has 1 aliphatic heterocycles. The summed E-state index contributed by atoms with van der Waals surface area (Å²) in [6, 6.07) is 3.47. The van der Waals surface area contributed by atoms with Crippen molar-refractivity contribution in [3.05, 3.63) is 31.0 Å². The topological polar surface area (TPSA) is 85.2 Å². The monoisotopic (exact) mass is 342 g/mol. The van der Waals surface area contributed by atoms with E-state index in [1.54, 1.807) is 18.6 Å². The molecule has 132 valence electrons. The molecule has 1 saturated carbocycles. The van der Waals surface area contributed by atoms with Gasteiger partial charge >= 0.3 is 6.03 Å². The summed E-state index contributed by atoms with van der Waals surface area (Å²) in [4.78, 5) is 22.7. The maximum Gasteiger partial charge on any atom is 0.322 e. The minimum Gasteiger partial charge on any atom is -0.376 e.